The number of hydrogen-bond donors (Lipinski definition) is 0. The van der Waals surface area contributed by atoms with Crippen molar-refractivity contribution in [3.05, 3.63) is 63.8 Å². The zero-order valence-electron chi connectivity index (χ0n) is 11.8. The maximum atomic E-state index is 6.04. The van der Waals surface area contributed by atoms with Crippen LogP contribution in [0.5, 0.6) is 0 Å². The number of aryl methyl sites for hydroxylation is 1. The van der Waals surface area contributed by atoms with Gasteiger partial charge in [0.25, 0.3) is 0 Å². The molecule has 0 radical (unpaired) electrons. The fourth-order valence-electron chi connectivity index (χ4n) is 1.99. The molecule has 2 heterocycles. The molecule has 0 unspecified atom stereocenters. The Morgan fingerprint density at radius 1 is 1.18 bits per heavy atom. The number of furan rings is 1. The van der Waals surface area contributed by atoms with E-state index in [4.69, 9.17) is 27.6 Å². The standard InChI is InChI=1S/C15H13Cl2N3OS/c1-10-18-19-15(20(10)8-12-3-2-6-21-12)22-9-11-4-5-13(16)14(17)7-11/h2-7H,8-9H2,1H3. The van der Waals surface area contributed by atoms with Crippen LogP contribution < -0.4 is 0 Å². The Hall–Kier alpha value is -1.43. The minimum absolute atomic E-state index is 0.562. The van der Waals surface area contributed by atoms with Crippen molar-refractivity contribution in [2.45, 2.75) is 24.4 Å². The van der Waals surface area contributed by atoms with Crippen LogP contribution in [-0.4, -0.2) is 14.8 Å². The highest BCUT2D eigenvalue weighted by Crippen LogP contribution is 2.27. The molecule has 3 aromatic rings. The molecule has 3 rings (SSSR count). The zero-order chi connectivity index (χ0) is 15.5. The fourth-order valence-corrected chi connectivity index (χ4v) is 3.23. The molecule has 1 aromatic carbocycles. The van der Waals surface area contributed by atoms with Crippen LogP contribution in [0.1, 0.15) is 17.1 Å². The Morgan fingerprint density at radius 3 is 2.77 bits per heavy atom. The van der Waals surface area contributed by atoms with Crippen molar-refractivity contribution in [2.75, 3.05) is 0 Å². The van der Waals surface area contributed by atoms with Crippen LogP contribution in [0.4, 0.5) is 0 Å². The van der Waals surface area contributed by atoms with Crippen LogP contribution in [0, 0.1) is 6.92 Å². The summed E-state index contributed by atoms with van der Waals surface area (Å²) in [5.74, 6) is 2.47. The van der Waals surface area contributed by atoms with Crippen LogP contribution in [0.25, 0.3) is 0 Å². The third-order valence-electron chi connectivity index (χ3n) is 3.15. The van der Waals surface area contributed by atoms with E-state index < -0.39 is 0 Å². The minimum atomic E-state index is 0.562. The van der Waals surface area contributed by atoms with Gasteiger partial charge in [-0.05, 0) is 36.8 Å². The molecule has 0 N–H and O–H groups in total. The minimum Gasteiger partial charge on any atom is -0.467 e. The van der Waals surface area contributed by atoms with Crippen LogP contribution in [0.3, 0.4) is 0 Å². The predicted molar refractivity (Wildman–Crippen MR) is 88.6 cm³/mol. The highest BCUT2D eigenvalue weighted by molar-refractivity contribution is 7.98. The molecular formula is C15H13Cl2N3OS. The number of aromatic nitrogens is 3. The summed E-state index contributed by atoms with van der Waals surface area (Å²) in [5, 5.41) is 10.3. The van der Waals surface area contributed by atoms with E-state index in [-0.39, 0.29) is 0 Å². The number of thioether (sulfide) groups is 1. The molecule has 0 amide bonds. The molecule has 0 saturated heterocycles. The first-order valence-electron chi connectivity index (χ1n) is 6.62. The third-order valence-corrected chi connectivity index (χ3v) is 4.92. The van der Waals surface area contributed by atoms with Gasteiger partial charge in [-0.2, -0.15) is 0 Å². The average molecular weight is 354 g/mol. The predicted octanol–water partition coefficient (Wildman–Crippen LogP) is 4.83. The van der Waals surface area contributed by atoms with E-state index in [0.29, 0.717) is 16.6 Å². The van der Waals surface area contributed by atoms with Gasteiger partial charge in [-0.25, -0.2) is 0 Å². The lowest BCUT2D eigenvalue weighted by atomic mass is 10.2. The van der Waals surface area contributed by atoms with Gasteiger partial charge in [0.2, 0.25) is 0 Å². The van der Waals surface area contributed by atoms with Gasteiger partial charge in [0, 0.05) is 5.75 Å². The molecule has 0 aliphatic rings. The van der Waals surface area contributed by atoms with Crippen molar-refractivity contribution in [3.8, 4) is 0 Å². The Balaban J connectivity index is 1.74. The summed E-state index contributed by atoms with van der Waals surface area (Å²) in [4.78, 5) is 0. The van der Waals surface area contributed by atoms with E-state index >= 15 is 0 Å². The van der Waals surface area contributed by atoms with Gasteiger partial charge >= 0.3 is 0 Å². The summed E-state index contributed by atoms with van der Waals surface area (Å²) in [5.41, 5.74) is 1.09. The van der Waals surface area contributed by atoms with E-state index in [1.165, 1.54) is 0 Å². The van der Waals surface area contributed by atoms with Crippen LogP contribution in [0.15, 0.2) is 46.2 Å². The Morgan fingerprint density at radius 2 is 2.05 bits per heavy atom. The molecular weight excluding hydrogens is 341 g/mol. The summed E-state index contributed by atoms with van der Waals surface area (Å²) < 4.78 is 7.42. The van der Waals surface area contributed by atoms with Crippen LogP contribution >= 0.6 is 35.0 Å². The number of hydrogen-bond acceptors (Lipinski definition) is 4. The van der Waals surface area contributed by atoms with Gasteiger partial charge in [-0.3, -0.25) is 4.57 Å². The maximum Gasteiger partial charge on any atom is 0.191 e. The zero-order valence-corrected chi connectivity index (χ0v) is 14.1. The molecule has 0 bridgehead atoms. The summed E-state index contributed by atoms with van der Waals surface area (Å²) >= 11 is 13.6. The number of rotatable bonds is 5. The second kappa shape index (κ2) is 6.77. The molecule has 0 fully saturated rings. The van der Waals surface area contributed by atoms with Crippen LogP contribution in [-0.2, 0) is 12.3 Å². The maximum absolute atomic E-state index is 6.04. The van der Waals surface area contributed by atoms with Crippen LogP contribution in [0.2, 0.25) is 10.0 Å². The fraction of sp³-hybridized carbons (Fsp3) is 0.200. The first kappa shape index (κ1) is 15.5. The van der Waals surface area contributed by atoms with Gasteiger partial charge in [0.1, 0.15) is 11.6 Å². The molecule has 4 nitrogen and oxygen atoms in total. The highest BCUT2D eigenvalue weighted by Gasteiger charge is 2.11. The van der Waals surface area contributed by atoms with Crippen molar-refractivity contribution in [3.63, 3.8) is 0 Å². The van der Waals surface area contributed by atoms with Crippen molar-refractivity contribution in [1.82, 2.24) is 14.8 Å². The molecule has 22 heavy (non-hydrogen) atoms. The molecule has 0 atom stereocenters. The lowest BCUT2D eigenvalue weighted by Crippen LogP contribution is -2.03. The summed E-state index contributed by atoms with van der Waals surface area (Å²) in [6, 6.07) is 9.45. The summed E-state index contributed by atoms with van der Waals surface area (Å²) in [7, 11) is 0. The topological polar surface area (TPSA) is 43.9 Å². The molecule has 2 aromatic heterocycles. The Bertz CT molecular complexity index is 771. The smallest absolute Gasteiger partial charge is 0.191 e. The SMILES string of the molecule is Cc1nnc(SCc2ccc(Cl)c(Cl)c2)n1Cc1ccco1. The lowest BCUT2D eigenvalue weighted by Gasteiger charge is -2.07. The van der Waals surface area contributed by atoms with Crippen molar-refractivity contribution in [1.29, 1.82) is 0 Å². The average Bonchev–Trinajstić information content (AvgIpc) is 3.13. The van der Waals surface area contributed by atoms with Gasteiger partial charge < -0.3 is 4.42 Å². The quantitative estimate of drug-likeness (QED) is 0.616. The summed E-state index contributed by atoms with van der Waals surface area (Å²) in [6.45, 7) is 2.55. The molecule has 0 aliphatic carbocycles. The van der Waals surface area contributed by atoms with Gasteiger partial charge in [0.05, 0.1) is 22.9 Å². The van der Waals surface area contributed by atoms with Crippen molar-refractivity contribution >= 4 is 35.0 Å². The van der Waals surface area contributed by atoms with Crippen molar-refractivity contribution in [2.24, 2.45) is 0 Å². The number of halogens is 2. The number of benzene rings is 1. The molecule has 114 valence electrons. The largest absolute Gasteiger partial charge is 0.467 e. The van der Waals surface area contributed by atoms with Gasteiger partial charge in [-0.1, -0.05) is 41.0 Å². The van der Waals surface area contributed by atoms with Gasteiger partial charge in [-0.15, -0.1) is 10.2 Å². The second-order valence-electron chi connectivity index (χ2n) is 4.73. The summed E-state index contributed by atoms with van der Waals surface area (Å²) in [6.07, 6.45) is 1.66. The Kier molecular flexibility index (Phi) is 4.76. The first-order valence-corrected chi connectivity index (χ1v) is 8.36. The number of nitrogens with zero attached hydrogens (tertiary/aromatic N) is 3. The van der Waals surface area contributed by atoms with Gasteiger partial charge in [0.15, 0.2) is 5.16 Å². The van der Waals surface area contributed by atoms with Crippen molar-refractivity contribution < 1.29 is 4.42 Å². The Labute approximate surface area is 142 Å². The second-order valence-corrected chi connectivity index (χ2v) is 6.49. The van der Waals surface area contributed by atoms with E-state index in [1.54, 1.807) is 24.1 Å². The lowest BCUT2D eigenvalue weighted by molar-refractivity contribution is 0.481. The molecule has 7 heteroatoms. The molecule has 0 spiro atoms. The molecule has 0 aliphatic heterocycles. The van der Waals surface area contributed by atoms with E-state index in [9.17, 15) is 0 Å². The first-order chi connectivity index (χ1) is 10.6. The third kappa shape index (κ3) is 3.48. The van der Waals surface area contributed by atoms with E-state index in [0.717, 1.165) is 28.1 Å². The monoisotopic (exact) mass is 353 g/mol. The van der Waals surface area contributed by atoms with E-state index in [2.05, 4.69) is 10.2 Å². The molecule has 0 saturated carbocycles. The van der Waals surface area contributed by atoms with E-state index in [1.807, 2.05) is 35.8 Å². The highest BCUT2D eigenvalue weighted by atomic mass is 35.5. The normalized spacial score (nSPS) is 11.0.